The van der Waals surface area contributed by atoms with Gasteiger partial charge in [0.15, 0.2) is 0 Å². The molecule has 3 rings (SSSR count). The highest BCUT2D eigenvalue weighted by Crippen LogP contribution is 2.23. The van der Waals surface area contributed by atoms with Gasteiger partial charge in [0, 0.05) is 12.6 Å². The molecule has 1 aliphatic rings. The summed E-state index contributed by atoms with van der Waals surface area (Å²) in [6.45, 7) is 3.17. The minimum absolute atomic E-state index is 0.0133. The van der Waals surface area contributed by atoms with Crippen LogP contribution in [0, 0.1) is 0 Å². The lowest BCUT2D eigenvalue weighted by Gasteiger charge is -2.32. The lowest BCUT2D eigenvalue weighted by molar-refractivity contribution is 0.170. The van der Waals surface area contributed by atoms with Crippen molar-refractivity contribution in [1.82, 2.24) is 9.62 Å². The van der Waals surface area contributed by atoms with E-state index in [1.165, 1.54) is 0 Å². The highest BCUT2D eigenvalue weighted by atomic mass is 79.9. The van der Waals surface area contributed by atoms with E-state index in [9.17, 15) is 8.42 Å². The van der Waals surface area contributed by atoms with Crippen molar-refractivity contribution in [2.45, 2.75) is 23.8 Å². The summed E-state index contributed by atoms with van der Waals surface area (Å²) in [7, 11) is -3.43. The number of hydrogen-bond donors (Lipinski definition) is 1. The van der Waals surface area contributed by atoms with Crippen molar-refractivity contribution >= 4 is 26.0 Å². The molecule has 0 aliphatic carbocycles. The van der Waals surface area contributed by atoms with Gasteiger partial charge in [-0.3, -0.25) is 4.90 Å². The number of ether oxygens (including phenoxy) is 1. The average molecular weight is 439 g/mol. The Balaban J connectivity index is 1.42. The minimum Gasteiger partial charge on any atom is -0.491 e. The second-order valence-electron chi connectivity index (χ2n) is 6.33. The van der Waals surface area contributed by atoms with Crippen LogP contribution < -0.4 is 9.46 Å². The number of sulfonamides is 1. The molecule has 1 fully saturated rings. The molecule has 2 aromatic carbocycles. The quantitative estimate of drug-likeness (QED) is 0.720. The third-order valence-corrected chi connectivity index (χ3v) is 6.66. The largest absolute Gasteiger partial charge is 0.491 e. The Morgan fingerprint density at radius 1 is 1.04 bits per heavy atom. The smallest absolute Gasteiger partial charge is 0.240 e. The molecule has 1 saturated heterocycles. The van der Waals surface area contributed by atoms with Crippen LogP contribution in [-0.2, 0) is 10.0 Å². The van der Waals surface area contributed by atoms with E-state index in [2.05, 4.69) is 25.6 Å². The second-order valence-corrected chi connectivity index (χ2v) is 8.90. The highest BCUT2D eigenvalue weighted by Gasteiger charge is 2.24. The predicted octanol–water partition coefficient (Wildman–Crippen LogP) is 3.27. The van der Waals surface area contributed by atoms with Crippen molar-refractivity contribution in [3.8, 4) is 5.75 Å². The van der Waals surface area contributed by atoms with Crippen molar-refractivity contribution in [2.24, 2.45) is 0 Å². The molecule has 0 unspecified atom stereocenters. The molecule has 1 heterocycles. The number of likely N-dealkylation sites (tertiary alicyclic amines) is 1. The number of halogens is 1. The number of nitrogens with one attached hydrogen (secondary N) is 1. The van der Waals surface area contributed by atoms with Gasteiger partial charge >= 0.3 is 0 Å². The molecule has 0 amide bonds. The molecular weight excluding hydrogens is 416 g/mol. The fraction of sp³-hybridized carbons (Fsp3) is 0.368. The summed E-state index contributed by atoms with van der Waals surface area (Å²) in [6.07, 6.45) is 1.61. The van der Waals surface area contributed by atoms with Gasteiger partial charge in [0.05, 0.1) is 9.37 Å². The lowest BCUT2D eigenvalue weighted by atomic mass is 10.1. The van der Waals surface area contributed by atoms with Crippen LogP contribution in [0.2, 0.25) is 0 Å². The molecule has 5 nitrogen and oxygen atoms in total. The van der Waals surface area contributed by atoms with Crippen LogP contribution in [0.1, 0.15) is 12.8 Å². The van der Waals surface area contributed by atoms with Crippen molar-refractivity contribution in [1.29, 1.82) is 0 Å². The maximum absolute atomic E-state index is 12.4. The Morgan fingerprint density at radius 2 is 1.69 bits per heavy atom. The number of benzene rings is 2. The number of rotatable bonds is 7. The maximum Gasteiger partial charge on any atom is 0.240 e. The zero-order valence-corrected chi connectivity index (χ0v) is 16.9. The Hall–Kier alpha value is -1.41. The Bertz CT molecular complexity index is 807. The fourth-order valence-corrected chi connectivity index (χ4v) is 4.73. The topological polar surface area (TPSA) is 58.6 Å². The van der Waals surface area contributed by atoms with Crippen LogP contribution in [-0.4, -0.2) is 45.6 Å². The van der Waals surface area contributed by atoms with E-state index in [4.69, 9.17) is 4.74 Å². The molecule has 2 aromatic rings. The van der Waals surface area contributed by atoms with Crippen molar-refractivity contribution in [3.05, 3.63) is 59.1 Å². The van der Waals surface area contributed by atoms with Gasteiger partial charge in [-0.05, 0) is 66.1 Å². The van der Waals surface area contributed by atoms with Gasteiger partial charge in [-0.1, -0.05) is 30.3 Å². The summed E-state index contributed by atoms with van der Waals surface area (Å²) < 4.78 is 34.4. The minimum atomic E-state index is -3.43. The van der Waals surface area contributed by atoms with E-state index in [-0.39, 0.29) is 6.04 Å². The molecule has 26 heavy (non-hydrogen) atoms. The molecule has 7 heteroatoms. The molecule has 1 aliphatic heterocycles. The summed E-state index contributed by atoms with van der Waals surface area (Å²) in [6, 6.07) is 16.3. The Labute approximate surface area is 163 Å². The number of para-hydroxylation sites is 1. The normalized spacial score (nSPS) is 16.5. The van der Waals surface area contributed by atoms with Gasteiger partial charge in [-0.15, -0.1) is 0 Å². The summed E-state index contributed by atoms with van der Waals surface area (Å²) in [5, 5.41) is 0. The van der Waals surface area contributed by atoms with Gasteiger partial charge in [0.2, 0.25) is 10.0 Å². The van der Waals surface area contributed by atoms with Crippen LogP contribution in [0.25, 0.3) is 0 Å². The molecule has 0 saturated carbocycles. The number of piperidine rings is 1. The standard InChI is InChI=1S/C19H23BrN2O3S/c20-18-8-4-5-9-19(18)25-15-14-22-12-10-16(11-13-22)21-26(23,24)17-6-2-1-3-7-17/h1-9,16,21H,10-15H2. The number of hydrogen-bond acceptors (Lipinski definition) is 4. The second kappa shape index (κ2) is 8.99. The predicted molar refractivity (Wildman–Crippen MR) is 106 cm³/mol. The van der Waals surface area contributed by atoms with Crippen molar-refractivity contribution in [2.75, 3.05) is 26.2 Å². The summed E-state index contributed by atoms with van der Waals surface area (Å²) >= 11 is 3.47. The van der Waals surface area contributed by atoms with E-state index in [0.29, 0.717) is 11.5 Å². The van der Waals surface area contributed by atoms with E-state index in [1.807, 2.05) is 30.3 Å². The Morgan fingerprint density at radius 3 is 2.38 bits per heavy atom. The molecule has 0 spiro atoms. The first-order chi connectivity index (χ1) is 12.5. The van der Waals surface area contributed by atoms with Gasteiger partial charge in [-0.2, -0.15) is 0 Å². The van der Waals surface area contributed by atoms with Gasteiger partial charge in [-0.25, -0.2) is 13.1 Å². The van der Waals surface area contributed by atoms with Crippen molar-refractivity contribution < 1.29 is 13.2 Å². The monoisotopic (exact) mass is 438 g/mol. The number of nitrogens with zero attached hydrogens (tertiary/aromatic N) is 1. The van der Waals surface area contributed by atoms with Crippen LogP contribution >= 0.6 is 15.9 Å². The first-order valence-corrected chi connectivity index (χ1v) is 11.0. The van der Waals surface area contributed by atoms with Gasteiger partial charge in [0.1, 0.15) is 12.4 Å². The summed E-state index contributed by atoms with van der Waals surface area (Å²) in [4.78, 5) is 2.63. The zero-order chi connectivity index (χ0) is 18.4. The van der Waals surface area contributed by atoms with E-state index in [1.54, 1.807) is 24.3 Å². The third-order valence-electron chi connectivity index (χ3n) is 4.46. The molecule has 1 N–H and O–H groups in total. The van der Waals surface area contributed by atoms with Crippen LogP contribution in [0.4, 0.5) is 0 Å². The molecule has 0 radical (unpaired) electrons. The van der Waals surface area contributed by atoms with E-state index >= 15 is 0 Å². The van der Waals surface area contributed by atoms with Gasteiger partial charge < -0.3 is 4.74 Å². The first-order valence-electron chi connectivity index (χ1n) is 8.72. The van der Waals surface area contributed by atoms with Gasteiger partial charge in [0.25, 0.3) is 0 Å². The highest BCUT2D eigenvalue weighted by molar-refractivity contribution is 9.10. The molecule has 140 valence electrons. The van der Waals surface area contributed by atoms with Crippen LogP contribution in [0.5, 0.6) is 5.75 Å². The zero-order valence-electron chi connectivity index (χ0n) is 14.5. The molecular formula is C19H23BrN2O3S. The van der Waals surface area contributed by atoms with E-state index in [0.717, 1.165) is 42.7 Å². The molecule has 0 bridgehead atoms. The Kier molecular flexibility index (Phi) is 6.69. The third kappa shape index (κ3) is 5.30. The SMILES string of the molecule is O=S(=O)(NC1CCN(CCOc2ccccc2Br)CC1)c1ccccc1. The molecule has 0 atom stereocenters. The van der Waals surface area contributed by atoms with E-state index < -0.39 is 10.0 Å². The van der Waals surface area contributed by atoms with Crippen LogP contribution in [0.15, 0.2) is 64.0 Å². The van der Waals surface area contributed by atoms with Crippen molar-refractivity contribution in [3.63, 3.8) is 0 Å². The maximum atomic E-state index is 12.4. The fourth-order valence-electron chi connectivity index (χ4n) is 3.01. The summed E-state index contributed by atoms with van der Waals surface area (Å²) in [5.41, 5.74) is 0. The first kappa shape index (κ1) is 19.4. The van der Waals surface area contributed by atoms with Crippen LogP contribution in [0.3, 0.4) is 0 Å². The summed E-state index contributed by atoms with van der Waals surface area (Å²) in [5.74, 6) is 0.845. The molecule has 0 aromatic heterocycles. The average Bonchev–Trinajstić information content (AvgIpc) is 2.65. The lowest BCUT2D eigenvalue weighted by Crippen LogP contribution is -2.45.